The molecular formula is C21H24N6O. The fourth-order valence-electron chi connectivity index (χ4n) is 4.23. The Morgan fingerprint density at radius 1 is 1.00 bits per heavy atom. The maximum absolute atomic E-state index is 12.9. The lowest BCUT2D eigenvalue weighted by molar-refractivity contribution is 0.0705. The Morgan fingerprint density at radius 3 is 2.64 bits per heavy atom. The maximum atomic E-state index is 12.9. The summed E-state index contributed by atoms with van der Waals surface area (Å²) in [6.45, 7) is 4.20. The Balaban J connectivity index is 1.25. The van der Waals surface area contributed by atoms with Crippen molar-refractivity contribution in [3.05, 3.63) is 59.8 Å². The molecule has 0 saturated carbocycles. The third-order valence-corrected chi connectivity index (χ3v) is 5.80. The molecule has 2 aromatic heterocycles. The summed E-state index contributed by atoms with van der Waals surface area (Å²) in [5.41, 5.74) is 2.72. The highest BCUT2D eigenvalue weighted by molar-refractivity contribution is 5.93. The van der Waals surface area contributed by atoms with Crippen LogP contribution in [0.5, 0.6) is 0 Å². The van der Waals surface area contributed by atoms with Crippen molar-refractivity contribution in [1.29, 1.82) is 0 Å². The van der Waals surface area contributed by atoms with Crippen molar-refractivity contribution < 1.29 is 4.79 Å². The first-order chi connectivity index (χ1) is 13.8. The minimum atomic E-state index is 0.0769. The standard InChI is InChI=1S/C21H24N6O/c28-21(18-7-6-17(23-18)15-4-2-1-3-5-15)26-11-8-16(9-12-26)20-25-24-19-14-22-10-13-27(19)20/h1-7,16,22-23H,8-14H2. The van der Waals surface area contributed by atoms with Crippen molar-refractivity contribution in [3.63, 3.8) is 0 Å². The van der Waals surface area contributed by atoms with Crippen LogP contribution in [-0.2, 0) is 13.1 Å². The summed E-state index contributed by atoms with van der Waals surface area (Å²) in [7, 11) is 0. The van der Waals surface area contributed by atoms with Crippen molar-refractivity contribution in [3.8, 4) is 11.3 Å². The molecule has 0 atom stereocenters. The van der Waals surface area contributed by atoms with Gasteiger partial charge in [-0.1, -0.05) is 30.3 Å². The predicted molar refractivity (Wildman–Crippen MR) is 106 cm³/mol. The second-order valence-electron chi connectivity index (χ2n) is 7.52. The number of hydrogen-bond donors (Lipinski definition) is 2. The molecule has 144 valence electrons. The Labute approximate surface area is 163 Å². The van der Waals surface area contributed by atoms with Gasteiger partial charge in [0, 0.05) is 37.8 Å². The van der Waals surface area contributed by atoms with Crippen molar-refractivity contribution >= 4 is 5.91 Å². The average molecular weight is 376 g/mol. The molecule has 7 heteroatoms. The molecule has 0 aliphatic carbocycles. The van der Waals surface area contributed by atoms with Crippen LogP contribution in [0.1, 0.15) is 40.9 Å². The highest BCUT2D eigenvalue weighted by Gasteiger charge is 2.29. The molecule has 1 amide bonds. The van der Waals surface area contributed by atoms with Crippen LogP contribution in [0.15, 0.2) is 42.5 Å². The summed E-state index contributed by atoms with van der Waals surface area (Å²) < 4.78 is 2.26. The lowest BCUT2D eigenvalue weighted by Gasteiger charge is -2.32. The zero-order chi connectivity index (χ0) is 18.9. The zero-order valence-corrected chi connectivity index (χ0v) is 15.8. The maximum Gasteiger partial charge on any atom is 0.270 e. The van der Waals surface area contributed by atoms with Crippen LogP contribution in [0, 0.1) is 0 Å². The van der Waals surface area contributed by atoms with E-state index in [-0.39, 0.29) is 5.91 Å². The van der Waals surface area contributed by atoms with Crippen LogP contribution in [-0.4, -0.2) is 50.2 Å². The van der Waals surface area contributed by atoms with Crippen molar-refractivity contribution in [1.82, 2.24) is 30.0 Å². The molecule has 1 aromatic carbocycles. The van der Waals surface area contributed by atoms with Gasteiger partial charge < -0.3 is 19.8 Å². The van der Waals surface area contributed by atoms with Crippen LogP contribution in [0.3, 0.4) is 0 Å². The highest BCUT2D eigenvalue weighted by atomic mass is 16.2. The zero-order valence-electron chi connectivity index (χ0n) is 15.8. The number of H-pyrrole nitrogens is 1. The van der Waals surface area contributed by atoms with Gasteiger partial charge >= 0.3 is 0 Å². The Bertz CT molecular complexity index is 968. The quantitative estimate of drug-likeness (QED) is 0.736. The van der Waals surface area contributed by atoms with Gasteiger partial charge in [0.1, 0.15) is 17.3 Å². The number of nitrogens with one attached hydrogen (secondary N) is 2. The topological polar surface area (TPSA) is 78.8 Å². The first-order valence-corrected chi connectivity index (χ1v) is 9.96. The van der Waals surface area contributed by atoms with E-state index in [4.69, 9.17) is 0 Å². The molecule has 2 N–H and O–H groups in total. The summed E-state index contributed by atoms with van der Waals surface area (Å²) in [4.78, 5) is 18.2. The van der Waals surface area contributed by atoms with Gasteiger partial charge in [-0.05, 0) is 30.5 Å². The number of carbonyl (C=O) groups is 1. The van der Waals surface area contributed by atoms with E-state index in [1.165, 1.54) is 0 Å². The number of fused-ring (bicyclic) bond motifs is 1. The van der Waals surface area contributed by atoms with E-state index in [1.54, 1.807) is 0 Å². The molecular weight excluding hydrogens is 352 g/mol. The van der Waals surface area contributed by atoms with Crippen LogP contribution < -0.4 is 5.32 Å². The lowest BCUT2D eigenvalue weighted by atomic mass is 9.95. The van der Waals surface area contributed by atoms with Crippen molar-refractivity contribution in [2.75, 3.05) is 19.6 Å². The SMILES string of the molecule is O=C(c1ccc(-c2ccccc2)[nH]1)N1CCC(c2nnc3n2CCNC3)CC1. The molecule has 0 unspecified atom stereocenters. The Hall–Kier alpha value is -2.93. The van der Waals surface area contributed by atoms with E-state index < -0.39 is 0 Å². The van der Waals surface area contributed by atoms with E-state index in [2.05, 4.69) is 25.1 Å². The molecule has 3 aromatic rings. The molecule has 5 rings (SSSR count). The van der Waals surface area contributed by atoms with Crippen molar-refractivity contribution in [2.24, 2.45) is 0 Å². The van der Waals surface area contributed by atoms with Gasteiger partial charge in [0.2, 0.25) is 0 Å². The average Bonchev–Trinajstić information content (AvgIpc) is 3.42. The Morgan fingerprint density at radius 2 is 1.82 bits per heavy atom. The molecule has 4 heterocycles. The highest BCUT2D eigenvalue weighted by Crippen LogP contribution is 2.29. The van der Waals surface area contributed by atoms with Crippen LogP contribution in [0.25, 0.3) is 11.3 Å². The second kappa shape index (κ2) is 7.24. The fraction of sp³-hybridized carbons (Fsp3) is 0.381. The van der Waals surface area contributed by atoms with Gasteiger partial charge in [0.05, 0.1) is 6.54 Å². The van der Waals surface area contributed by atoms with Crippen molar-refractivity contribution in [2.45, 2.75) is 31.8 Å². The van der Waals surface area contributed by atoms with Gasteiger partial charge in [-0.2, -0.15) is 0 Å². The summed E-state index contributed by atoms with van der Waals surface area (Å²) in [5, 5.41) is 12.1. The largest absolute Gasteiger partial charge is 0.351 e. The molecule has 28 heavy (non-hydrogen) atoms. The van der Waals surface area contributed by atoms with E-state index in [1.807, 2.05) is 47.4 Å². The first-order valence-electron chi connectivity index (χ1n) is 9.96. The van der Waals surface area contributed by atoms with Crippen LogP contribution in [0.4, 0.5) is 0 Å². The van der Waals surface area contributed by atoms with Crippen LogP contribution >= 0.6 is 0 Å². The van der Waals surface area contributed by atoms with Gasteiger partial charge in [-0.3, -0.25) is 4.79 Å². The van der Waals surface area contributed by atoms with E-state index in [0.717, 1.165) is 68.5 Å². The number of rotatable bonds is 3. The minimum Gasteiger partial charge on any atom is -0.351 e. The summed E-state index contributed by atoms with van der Waals surface area (Å²) in [5.74, 6) is 2.58. The monoisotopic (exact) mass is 376 g/mol. The number of aromatic nitrogens is 4. The molecule has 0 radical (unpaired) electrons. The molecule has 0 bridgehead atoms. The second-order valence-corrected chi connectivity index (χ2v) is 7.52. The fourth-order valence-corrected chi connectivity index (χ4v) is 4.23. The molecule has 7 nitrogen and oxygen atoms in total. The third-order valence-electron chi connectivity index (χ3n) is 5.80. The number of aromatic amines is 1. The normalized spacial score (nSPS) is 17.5. The number of piperidine rings is 1. The summed E-state index contributed by atoms with van der Waals surface area (Å²) in [6, 6.07) is 13.9. The smallest absolute Gasteiger partial charge is 0.270 e. The number of hydrogen-bond acceptors (Lipinski definition) is 4. The summed E-state index contributed by atoms with van der Waals surface area (Å²) >= 11 is 0. The van der Waals surface area contributed by atoms with Crippen LogP contribution in [0.2, 0.25) is 0 Å². The van der Waals surface area contributed by atoms with Gasteiger partial charge in [-0.25, -0.2) is 0 Å². The number of nitrogens with zero attached hydrogens (tertiary/aromatic N) is 4. The first kappa shape index (κ1) is 17.2. The third kappa shape index (κ3) is 3.11. The molecule has 2 aliphatic heterocycles. The number of carbonyl (C=O) groups excluding carboxylic acids is 1. The predicted octanol–water partition coefficient (Wildman–Crippen LogP) is 2.40. The van der Waals surface area contributed by atoms with E-state index in [9.17, 15) is 4.79 Å². The summed E-state index contributed by atoms with van der Waals surface area (Å²) in [6.07, 6.45) is 1.87. The molecule has 0 spiro atoms. The minimum absolute atomic E-state index is 0.0769. The van der Waals surface area contributed by atoms with E-state index >= 15 is 0 Å². The molecule has 1 saturated heterocycles. The Kier molecular flexibility index (Phi) is 4.44. The van der Waals surface area contributed by atoms with Gasteiger partial charge in [0.15, 0.2) is 0 Å². The number of amides is 1. The molecule has 1 fully saturated rings. The lowest BCUT2D eigenvalue weighted by Crippen LogP contribution is -2.39. The number of benzene rings is 1. The number of likely N-dealkylation sites (tertiary alicyclic amines) is 1. The van der Waals surface area contributed by atoms with Gasteiger partial charge in [-0.15, -0.1) is 10.2 Å². The molecule has 2 aliphatic rings. The van der Waals surface area contributed by atoms with E-state index in [0.29, 0.717) is 11.6 Å². The van der Waals surface area contributed by atoms with Gasteiger partial charge in [0.25, 0.3) is 5.91 Å².